The monoisotopic (exact) mass is 150 g/mol. The summed E-state index contributed by atoms with van der Waals surface area (Å²) in [6.45, 7) is 4.58. The molecule has 1 saturated heterocycles. The normalized spacial score (nSPS) is 42.0. The van der Waals surface area contributed by atoms with Crippen LogP contribution in [0, 0.1) is 0 Å². The van der Waals surface area contributed by atoms with Gasteiger partial charge in [-0.3, -0.25) is 0 Å². The van der Waals surface area contributed by atoms with Crippen molar-refractivity contribution in [3.63, 3.8) is 0 Å². The summed E-state index contributed by atoms with van der Waals surface area (Å²) in [6, 6.07) is 0. The minimum atomic E-state index is 0.116. The molecule has 8 heavy (non-hydrogen) atoms. The Labute approximate surface area is 53.6 Å². The van der Waals surface area contributed by atoms with Gasteiger partial charge in [0, 0.05) is 16.4 Å². The van der Waals surface area contributed by atoms with Crippen molar-refractivity contribution in [2.75, 3.05) is 27.4 Å². The second-order valence-electron chi connectivity index (χ2n) is 1.96. The van der Waals surface area contributed by atoms with Crippen LogP contribution in [0.4, 0.5) is 0 Å². The molecule has 0 spiro atoms. The second-order valence-corrected chi connectivity index (χ2v) is 6.95. The molecule has 0 N–H and O–H groups in total. The fourth-order valence-corrected chi connectivity index (χ4v) is 5.39. The first-order valence-corrected chi connectivity index (χ1v) is 5.98. The molecular formula is C4H12N2P2. The highest BCUT2D eigenvalue weighted by Gasteiger charge is 2.34. The average molecular weight is 150 g/mol. The summed E-state index contributed by atoms with van der Waals surface area (Å²) < 4.78 is 4.93. The van der Waals surface area contributed by atoms with Gasteiger partial charge < -0.3 is 0 Å². The van der Waals surface area contributed by atoms with Gasteiger partial charge in [-0.05, 0) is 27.4 Å². The van der Waals surface area contributed by atoms with Gasteiger partial charge in [0.15, 0.2) is 0 Å². The molecule has 1 aliphatic heterocycles. The Morgan fingerprint density at radius 1 is 0.875 bits per heavy atom. The highest BCUT2D eigenvalue weighted by atomic mass is 31.3. The third-order valence-corrected chi connectivity index (χ3v) is 8.13. The van der Waals surface area contributed by atoms with Gasteiger partial charge in [0.1, 0.15) is 0 Å². The van der Waals surface area contributed by atoms with Gasteiger partial charge in [0.05, 0.1) is 0 Å². The van der Waals surface area contributed by atoms with Gasteiger partial charge in [-0.15, -0.1) is 0 Å². The van der Waals surface area contributed by atoms with Crippen molar-refractivity contribution in [3.05, 3.63) is 0 Å². The van der Waals surface area contributed by atoms with Crippen molar-refractivity contribution >= 4 is 16.4 Å². The van der Waals surface area contributed by atoms with Gasteiger partial charge in [-0.2, -0.15) is 0 Å². The van der Waals surface area contributed by atoms with Crippen LogP contribution in [0.25, 0.3) is 0 Å². The third-order valence-electron chi connectivity index (χ3n) is 1.68. The molecule has 0 unspecified atom stereocenters. The minimum Gasteiger partial charge on any atom is -0.238 e. The van der Waals surface area contributed by atoms with Crippen molar-refractivity contribution in [2.24, 2.45) is 0 Å². The predicted molar refractivity (Wildman–Crippen MR) is 41.2 cm³/mol. The van der Waals surface area contributed by atoms with Gasteiger partial charge >= 0.3 is 0 Å². The zero-order chi connectivity index (χ0) is 6.31. The molecule has 0 radical (unpaired) electrons. The summed E-state index contributed by atoms with van der Waals surface area (Å²) >= 11 is 0. The fourth-order valence-electron chi connectivity index (χ4n) is 0.718. The van der Waals surface area contributed by atoms with Gasteiger partial charge in [0.2, 0.25) is 0 Å². The van der Waals surface area contributed by atoms with E-state index in [-0.39, 0.29) is 16.4 Å². The molecule has 0 atom stereocenters. The lowest BCUT2D eigenvalue weighted by molar-refractivity contribution is 0.668. The highest BCUT2D eigenvalue weighted by Crippen LogP contribution is 2.70. The van der Waals surface area contributed by atoms with Crippen LogP contribution in [0.3, 0.4) is 0 Å². The number of rotatable bonds is 0. The number of hydrogen-bond acceptors (Lipinski definition) is 2. The lowest BCUT2D eigenvalue weighted by atomic mass is 11.6. The van der Waals surface area contributed by atoms with E-state index in [4.69, 9.17) is 0 Å². The van der Waals surface area contributed by atoms with Gasteiger partial charge in [-0.25, -0.2) is 8.88 Å². The second kappa shape index (κ2) is 2.19. The van der Waals surface area contributed by atoms with Crippen LogP contribution in [-0.4, -0.2) is 36.3 Å². The maximum atomic E-state index is 2.46. The van der Waals surface area contributed by atoms with Crippen LogP contribution in [0.15, 0.2) is 0 Å². The van der Waals surface area contributed by atoms with Crippen LogP contribution < -0.4 is 0 Å². The Hall–Kier alpha value is 0.780. The number of hydrogen-bond donors (Lipinski definition) is 0. The lowest BCUT2D eigenvalue weighted by Gasteiger charge is -2.50. The molecule has 0 aliphatic carbocycles. The molecule has 1 fully saturated rings. The van der Waals surface area contributed by atoms with E-state index in [0.29, 0.717) is 0 Å². The summed E-state index contributed by atoms with van der Waals surface area (Å²) in [4.78, 5) is 0. The Bertz CT molecular complexity index is 66.0. The topological polar surface area (TPSA) is 6.48 Å². The van der Waals surface area contributed by atoms with Crippen molar-refractivity contribution in [1.82, 2.24) is 8.88 Å². The number of nitrogens with zero attached hydrogens (tertiary/aromatic N) is 2. The van der Waals surface area contributed by atoms with Crippen LogP contribution in [0.1, 0.15) is 0 Å². The fraction of sp³-hybridized carbons (Fsp3) is 1.00. The first-order chi connectivity index (χ1) is 3.64. The molecule has 0 amide bonds. The SMILES string of the molecule is CN1P(C)N(C)P1C. The van der Waals surface area contributed by atoms with Crippen LogP contribution in [0.5, 0.6) is 0 Å². The molecule has 2 nitrogen and oxygen atoms in total. The zero-order valence-electron chi connectivity index (χ0n) is 5.79. The van der Waals surface area contributed by atoms with E-state index in [1.54, 1.807) is 0 Å². The molecule has 0 saturated carbocycles. The quantitative estimate of drug-likeness (QED) is 0.485. The largest absolute Gasteiger partial charge is 0.238 e. The predicted octanol–water partition coefficient (Wildman–Crippen LogP) is 1.75. The van der Waals surface area contributed by atoms with Crippen molar-refractivity contribution < 1.29 is 0 Å². The van der Waals surface area contributed by atoms with E-state index in [1.165, 1.54) is 0 Å². The maximum Gasteiger partial charge on any atom is 0.0450 e. The average Bonchev–Trinajstić information content (AvgIpc) is 1.83. The standard InChI is InChI=1S/C4H12N2P2/c1-5-7(3)6(2)8(5)4/h1-4H3. The lowest BCUT2D eigenvalue weighted by Crippen LogP contribution is -2.29. The van der Waals surface area contributed by atoms with Gasteiger partial charge in [-0.1, -0.05) is 0 Å². The third kappa shape index (κ3) is 0.804. The Kier molecular flexibility index (Phi) is 1.89. The van der Waals surface area contributed by atoms with E-state index in [0.717, 1.165) is 0 Å². The van der Waals surface area contributed by atoms with Crippen molar-refractivity contribution in [1.29, 1.82) is 0 Å². The zero-order valence-corrected chi connectivity index (χ0v) is 7.58. The summed E-state index contributed by atoms with van der Waals surface area (Å²) in [7, 11) is 4.64. The van der Waals surface area contributed by atoms with Crippen LogP contribution in [-0.2, 0) is 0 Å². The summed E-state index contributed by atoms with van der Waals surface area (Å²) in [6.07, 6.45) is 0. The molecule has 0 aromatic heterocycles. The maximum absolute atomic E-state index is 2.46. The van der Waals surface area contributed by atoms with E-state index < -0.39 is 0 Å². The first-order valence-electron chi connectivity index (χ1n) is 2.59. The van der Waals surface area contributed by atoms with E-state index >= 15 is 0 Å². The molecule has 4 heteroatoms. The van der Waals surface area contributed by atoms with Gasteiger partial charge in [0.25, 0.3) is 0 Å². The molecule has 0 aromatic rings. The molecular weight excluding hydrogens is 138 g/mol. The first kappa shape index (κ1) is 6.89. The minimum absolute atomic E-state index is 0.116. The van der Waals surface area contributed by atoms with E-state index in [1.807, 2.05) is 0 Å². The van der Waals surface area contributed by atoms with E-state index in [9.17, 15) is 0 Å². The van der Waals surface area contributed by atoms with E-state index in [2.05, 4.69) is 36.3 Å². The highest BCUT2D eigenvalue weighted by molar-refractivity contribution is 7.81. The van der Waals surface area contributed by atoms with Crippen molar-refractivity contribution in [3.8, 4) is 0 Å². The summed E-state index contributed by atoms with van der Waals surface area (Å²) in [5.74, 6) is 0. The van der Waals surface area contributed by atoms with Crippen molar-refractivity contribution in [2.45, 2.75) is 0 Å². The van der Waals surface area contributed by atoms with Crippen LogP contribution in [0.2, 0.25) is 0 Å². The molecule has 48 valence electrons. The Balaban J connectivity index is 2.42. The Morgan fingerprint density at radius 3 is 1.25 bits per heavy atom. The summed E-state index contributed by atoms with van der Waals surface area (Å²) in [5, 5.41) is 0. The molecule has 1 heterocycles. The molecule has 0 aromatic carbocycles. The summed E-state index contributed by atoms with van der Waals surface area (Å²) in [5.41, 5.74) is 0. The molecule has 1 aliphatic rings. The molecule has 1 rings (SSSR count). The Morgan fingerprint density at radius 2 is 1.12 bits per heavy atom. The molecule has 0 bridgehead atoms. The smallest absolute Gasteiger partial charge is 0.0450 e. The van der Waals surface area contributed by atoms with Crippen LogP contribution >= 0.6 is 16.4 Å².